The lowest BCUT2D eigenvalue weighted by Gasteiger charge is -2.40. The first-order chi connectivity index (χ1) is 13.0. The van der Waals surface area contributed by atoms with Gasteiger partial charge in [0.05, 0.1) is 36.4 Å². The number of fused-ring (bicyclic) bond motifs is 1. The lowest BCUT2D eigenvalue weighted by atomic mass is 9.63. The molecule has 8 heteroatoms. The van der Waals surface area contributed by atoms with Gasteiger partial charge in [-0.3, -0.25) is 9.59 Å². The molecule has 0 spiro atoms. The van der Waals surface area contributed by atoms with E-state index in [2.05, 4.69) is 15.3 Å². The summed E-state index contributed by atoms with van der Waals surface area (Å²) in [6.45, 7) is 0.699. The van der Waals surface area contributed by atoms with E-state index in [0.717, 1.165) is 18.6 Å². The van der Waals surface area contributed by atoms with Crippen LogP contribution in [0.2, 0.25) is 0 Å². The minimum atomic E-state index is -1.21. The number of carbonyl (C=O) groups is 1. The highest BCUT2D eigenvalue weighted by atomic mass is 19.1. The molecule has 6 nitrogen and oxygen atoms in total. The fourth-order valence-electron chi connectivity index (χ4n) is 3.79. The third-order valence-corrected chi connectivity index (χ3v) is 5.38. The molecule has 2 aliphatic rings. The molecule has 0 saturated heterocycles. The van der Waals surface area contributed by atoms with E-state index in [-0.39, 0.29) is 24.3 Å². The molecule has 0 unspecified atom stereocenters. The predicted octanol–water partition coefficient (Wildman–Crippen LogP) is 1.86. The Morgan fingerprint density at radius 3 is 2.70 bits per heavy atom. The van der Waals surface area contributed by atoms with Crippen molar-refractivity contribution in [2.24, 2.45) is 0 Å². The highest BCUT2D eigenvalue weighted by Crippen LogP contribution is 2.46. The van der Waals surface area contributed by atoms with Crippen LogP contribution in [-0.2, 0) is 34.5 Å². The third kappa shape index (κ3) is 3.03. The second kappa shape index (κ2) is 6.84. The molecule has 0 bridgehead atoms. The summed E-state index contributed by atoms with van der Waals surface area (Å²) in [7, 11) is 0. The fraction of sp³-hybridized carbons (Fsp3) is 0.421. The SMILES string of the molecule is O=C(NCc1nc2c(c(=O)[nH]1)COCC2)C1(c2c(F)cccc2F)CCC1. The first kappa shape index (κ1) is 17.8. The number of amides is 1. The van der Waals surface area contributed by atoms with Crippen molar-refractivity contribution in [3.05, 3.63) is 62.8 Å². The normalized spacial score (nSPS) is 17.7. The third-order valence-electron chi connectivity index (χ3n) is 5.38. The molecule has 142 valence electrons. The van der Waals surface area contributed by atoms with Crippen molar-refractivity contribution in [1.82, 2.24) is 15.3 Å². The van der Waals surface area contributed by atoms with E-state index in [1.165, 1.54) is 6.07 Å². The number of hydrogen-bond acceptors (Lipinski definition) is 4. The maximum absolute atomic E-state index is 14.2. The van der Waals surface area contributed by atoms with Gasteiger partial charge >= 0.3 is 0 Å². The number of nitrogens with one attached hydrogen (secondary N) is 2. The fourth-order valence-corrected chi connectivity index (χ4v) is 3.79. The van der Waals surface area contributed by atoms with Crippen LogP contribution in [0.3, 0.4) is 0 Å². The summed E-state index contributed by atoms with van der Waals surface area (Å²) in [5, 5.41) is 2.69. The second-order valence-corrected chi connectivity index (χ2v) is 6.96. The van der Waals surface area contributed by atoms with Gasteiger partial charge in [-0.25, -0.2) is 13.8 Å². The predicted molar refractivity (Wildman–Crippen MR) is 92.0 cm³/mol. The Kier molecular flexibility index (Phi) is 4.51. The number of halogens is 2. The number of aromatic amines is 1. The Morgan fingerprint density at radius 2 is 2.04 bits per heavy atom. The van der Waals surface area contributed by atoms with Crippen molar-refractivity contribution in [2.75, 3.05) is 6.61 Å². The molecule has 2 N–H and O–H groups in total. The number of hydrogen-bond donors (Lipinski definition) is 2. The van der Waals surface area contributed by atoms with E-state index in [1.54, 1.807) is 0 Å². The van der Waals surface area contributed by atoms with E-state index >= 15 is 0 Å². The molecule has 1 aromatic carbocycles. The zero-order valence-electron chi connectivity index (χ0n) is 14.6. The quantitative estimate of drug-likeness (QED) is 0.854. The Bertz CT molecular complexity index is 933. The smallest absolute Gasteiger partial charge is 0.256 e. The van der Waals surface area contributed by atoms with Crippen LogP contribution in [0.15, 0.2) is 23.0 Å². The molecule has 1 amide bonds. The summed E-state index contributed by atoms with van der Waals surface area (Å²) in [5.74, 6) is -1.57. The zero-order chi connectivity index (χ0) is 19.0. The van der Waals surface area contributed by atoms with E-state index in [1.807, 2.05) is 0 Å². The molecule has 27 heavy (non-hydrogen) atoms. The number of rotatable bonds is 4. The number of aromatic nitrogens is 2. The molecule has 2 heterocycles. The monoisotopic (exact) mass is 375 g/mol. The first-order valence-corrected chi connectivity index (χ1v) is 8.93. The molecule has 2 aromatic rings. The van der Waals surface area contributed by atoms with Gasteiger partial charge in [0.15, 0.2) is 0 Å². The number of nitrogens with zero attached hydrogens (tertiary/aromatic N) is 1. The molecule has 1 saturated carbocycles. The van der Waals surface area contributed by atoms with Crippen LogP contribution in [0.5, 0.6) is 0 Å². The first-order valence-electron chi connectivity index (χ1n) is 8.93. The van der Waals surface area contributed by atoms with Gasteiger partial charge in [-0.2, -0.15) is 0 Å². The van der Waals surface area contributed by atoms with Gasteiger partial charge < -0.3 is 15.0 Å². The molecule has 0 atom stereocenters. The summed E-state index contributed by atoms with van der Waals surface area (Å²) in [6.07, 6.45) is 2.00. The number of H-pyrrole nitrogens is 1. The van der Waals surface area contributed by atoms with Crippen molar-refractivity contribution in [3.63, 3.8) is 0 Å². The Hall–Kier alpha value is -2.61. The largest absolute Gasteiger partial charge is 0.376 e. The van der Waals surface area contributed by atoms with Gasteiger partial charge in [0, 0.05) is 12.0 Å². The van der Waals surface area contributed by atoms with Crippen molar-refractivity contribution in [1.29, 1.82) is 0 Å². The zero-order valence-corrected chi connectivity index (χ0v) is 14.6. The van der Waals surface area contributed by atoms with Crippen LogP contribution in [-0.4, -0.2) is 22.5 Å². The van der Waals surface area contributed by atoms with Crippen LogP contribution in [0.4, 0.5) is 8.78 Å². The van der Waals surface area contributed by atoms with Gasteiger partial charge in [0.2, 0.25) is 5.91 Å². The Morgan fingerprint density at radius 1 is 1.30 bits per heavy atom. The van der Waals surface area contributed by atoms with E-state index in [4.69, 9.17) is 4.74 Å². The van der Waals surface area contributed by atoms with E-state index in [9.17, 15) is 18.4 Å². The van der Waals surface area contributed by atoms with Gasteiger partial charge in [-0.05, 0) is 25.0 Å². The highest BCUT2D eigenvalue weighted by molar-refractivity contribution is 5.89. The summed E-state index contributed by atoms with van der Waals surface area (Å²) in [5.41, 5.74) is -0.522. The molecule has 1 fully saturated rings. The number of benzene rings is 1. The average Bonchev–Trinajstić information content (AvgIpc) is 2.61. The van der Waals surface area contributed by atoms with Gasteiger partial charge in [0.25, 0.3) is 5.56 Å². The van der Waals surface area contributed by atoms with Crippen LogP contribution in [0, 0.1) is 11.6 Å². The molecule has 1 aromatic heterocycles. The minimum Gasteiger partial charge on any atom is -0.376 e. The molecule has 1 aliphatic heterocycles. The van der Waals surface area contributed by atoms with E-state index in [0.29, 0.717) is 43.0 Å². The molecular weight excluding hydrogens is 356 g/mol. The Labute approximate surface area is 154 Å². The molecule has 0 radical (unpaired) electrons. The van der Waals surface area contributed by atoms with Crippen molar-refractivity contribution < 1.29 is 18.3 Å². The molecule has 1 aliphatic carbocycles. The van der Waals surface area contributed by atoms with E-state index < -0.39 is 23.0 Å². The summed E-state index contributed by atoms with van der Waals surface area (Å²) < 4.78 is 33.7. The van der Waals surface area contributed by atoms with Gasteiger partial charge in [-0.15, -0.1) is 0 Å². The lowest BCUT2D eigenvalue weighted by molar-refractivity contribution is -0.130. The van der Waals surface area contributed by atoms with Crippen molar-refractivity contribution >= 4 is 5.91 Å². The number of carbonyl (C=O) groups excluding carboxylic acids is 1. The second-order valence-electron chi connectivity index (χ2n) is 6.96. The van der Waals surface area contributed by atoms with Gasteiger partial charge in [-0.1, -0.05) is 12.5 Å². The maximum atomic E-state index is 14.2. The van der Waals surface area contributed by atoms with Gasteiger partial charge in [0.1, 0.15) is 17.5 Å². The van der Waals surface area contributed by atoms with Crippen LogP contribution < -0.4 is 10.9 Å². The summed E-state index contributed by atoms with van der Waals surface area (Å²) in [6, 6.07) is 3.61. The van der Waals surface area contributed by atoms with Crippen LogP contribution in [0.25, 0.3) is 0 Å². The summed E-state index contributed by atoms with van der Waals surface area (Å²) >= 11 is 0. The standard InChI is InChI=1S/C19H19F2N3O3/c20-12-3-1-4-13(21)16(12)19(6-2-7-19)18(26)22-9-15-23-14-5-8-27-10-11(14)17(25)24-15/h1,3-4H,2,5-10H2,(H,22,26)(H,23,24,25). The highest BCUT2D eigenvalue weighted by Gasteiger charge is 2.48. The number of ether oxygens (including phenoxy) is 1. The van der Waals surface area contributed by atoms with Crippen molar-refractivity contribution in [2.45, 2.75) is 44.2 Å². The molecular formula is C19H19F2N3O3. The minimum absolute atomic E-state index is 0.0139. The van der Waals surface area contributed by atoms with Crippen LogP contribution in [0.1, 0.15) is 41.9 Å². The Balaban J connectivity index is 1.56. The van der Waals surface area contributed by atoms with Crippen LogP contribution >= 0.6 is 0 Å². The van der Waals surface area contributed by atoms with Crippen molar-refractivity contribution in [3.8, 4) is 0 Å². The molecule has 4 rings (SSSR count). The maximum Gasteiger partial charge on any atom is 0.256 e. The lowest BCUT2D eigenvalue weighted by Crippen LogP contribution is -2.50. The summed E-state index contributed by atoms with van der Waals surface area (Å²) in [4.78, 5) is 31.9. The topological polar surface area (TPSA) is 84.1 Å². The average molecular weight is 375 g/mol.